The molecule has 1 fully saturated rings. The Bertz CT molecular complexity index is 882. The van der Waals surface area contributed by atoms with Crippen LogP contribution in [0.25, 0.3) is 0 Å². The van der Waals surface area contributed by atoms with Gasteiger partial charge in [-0.1, -0.05) is 12.1 Å². The van der Waals surface area contributed by atoms with Crippen molar-refractivity contribution in [3.63, 3.8) is 0 Å². The second kappa shape index (κ2) is 9.53. The zero-order chi connectivity index (χ0) is 21.6. The molecule has 158 valence electrons. The second-order valence-corrected chi connectivity index (χ2v) is 7.32. The number of ether oxygens (including phenoxy) is 1. The molecule has 0 aromatic heterocycles. The van der Waals surface area contributed by atoms with E-state index in [-0.39, 0.29) is 23.7 Å². The quantitative estimate of drug-likeness (QED) is 0.704. The van der Waals surface area contributed by atoms with Crippen LogP contribution in [0.5, 0.6) is 5.75 Å². The number of anilines is 1. The van der Waals surface area contributed by atoms with E-state index < -0.39 is 12.6 Å². The summed E-state index contributed by atoms with van der Waals surface area (Å²) in [6.07, 6.45) is -2.09. The maximum atomic E-state index is 12.4. The molecule has 0 unspecified atom stereocenters. The summed E-state index contributed by atoms with van der Waals surface area (Å²) in [5, 5.41) is 14.4. The number of benzene rings is 2. The van der Waals surface area contributed by atoms with Gasteiger partial charge in [0.2, 0.25) is 0 Å². The van der Waals surface area contributed by atoms with E-state index in [2.05, 4.69) is 16.7 Å². The van der Waals surface area contributed by atoms with Gasteiger partial charge in [-0.25, -0.2) is 4.79 Å². The Hall–Kier alpha value is -3.21. The number of nitrogens with one attached hydrogen (secondary N) is 2. The predicted molar refractivity (Wildman–Crippen MR) is 106 cm³/mol. The predicted octanol–water partition coefficient (Wildman–Crippen LogP) is 5.17. The largest absolute Gasteiger partial charge is 0.490 e. The summed E-state index contributed by atoms with van der Waals surface area (Å²) < 4.78 is 43.1. The molecule has 8 heteroatoms. The summed E-state index contributed by atoms with van der Waals surface area (Å²) >= 11 is 0. The van der Waals surface area contributed by atoms with Crippen LogP contribution in [-0.2, 0) is 6.42 Å². The lowest BCUT2D eigenvalue weighted by Gasteiger charge is -2.29. The number of alkyl halides is 3. The SMILES string of the molecule is N#Cc1ccc(OC2CCC(NC(=O)Nc3ccc(CC(F)(F)F)cc3)CC2)cc1. The minimum Gasteiger partial charge on any atom is -0.490 e. The van der Waals surface area contributed by atoms with Gasteiger partial charge in [0.15, 0.2) is 0 Å². The van der Waals surface area contributed by atoms with Crippen LogP contribution < -0.4 is 15.4 Å². The summed E-state index contributed by atoms with van der Waals surface area (Å²) in [5.74, 6) is 0.720. The number of amides is 2. The van der Waals surface area contributed by atoms with Crippen LogP contribution in [-0.4, -0.2) is 24.4 Å². The molecule has 1 saturated carbocycles. The first-order valence-electron chi connectivity index (χ1n) is 9.71. The lowest BCUT2D eigenvalue weighted by molar-refractivity contribution is -0.127. The highest BCUT2D eigenvalue weighted by Crippen LogP contribution is 2.25. The van der Waals surface area contributed by atoms with Crippen molar-refractivity contribution in [1.82, 2.24) is 5.32 Å². The number of carbonyl (C=O) groups is 1. The van der Waals surface area contributed by atoms with E-state index >= 15 is 0 Å². The van der Waals surface area contributed by atoms with Gasteiger partial charge in [0, 0.05) is 11.7 Å². The van der Waals surface area contributed by atoms with Crippen molar-refractivity contribution >= 4 is 11.7 Å². The van der Waals surface area contributed by atoms with Gasteiger partial charge in [0.25, 0.3) is 0 Å². The van der Waals surface area contributed by atoms with E-state index in [4.69, 9.17) is 10.00 Å². The lowest BCUT2D eigenvalue weighted by atomic mass is 9.93. The highest BCUT2D eigenvalue weighted by Gasteiger charge is 2.27. The van der Waals surface area contributed by atoms with Crippen LogP contribution in [0.4, 0.5) is 23.7 Å². The van der Waals surface area contributed by atoms with Crippen LogP contribution >= 0.6 is 0 Å². The number of hydrogen-bond acceptors (Lipinski definition) is 3. The molecule has 0 atom stereocenters. The summed E-state index contributed by atoms with van der Waals surface area (Å²) in [5.41, 5.74) is 1.17. The third-order valence-electron chi connectivity index (χ3n) is 4.91. The molecule has 0 aliphatic heterocycles. The smallest absolute Gasteiger partial charge is 0.393 e. The Balaban J connectivity index is 1.41. The molecule has 0 radical (unpaired) electrons. The highest BCUT2D eigenvalue weighted by atomic mass is 19.4. The average Bonchev–Trinajstić information content (AvgIpc) is 2.70. The van der Waals surface area contributed by atoms with Gasteiger partial charge >= 0.3 is 12.2 Å². The van der Waals surface area contributed by atoms with Gasteiger partial charge in [-0.3, -0.25) is 0 Å². The highest BCUT2D eigenvalue weighted by molar-refractivity contribution is 5.89. The number of hydrogen-bond donors (Lipinski definition) is 2. The molecule has 1 aliphatic rings. The van der Waals surface area contributed by atoms with E-state index in [1.807, 2.05) is 0 Å². The molecule has 0 spiro atoms. The summed E-state index contributed by atoms with van der Waals surface area (Å²) in [6, 6.07) is 14.3. The molecule has 5 nitrogen and oxygen atoms in total. The molecule has 2 aromatic carbocycles. The molecule has 0 bridgehead atoms. The van der Waals surface area contributed by atoms with Crippen molar-refractivity contribution in [3.8, 4) is 11.8 Å². The van der Waals surface area contributed by atoms with Gasteiger partial charge in [-0.05, 0) is 67.6 Å². The molecular weight excluding hydrogens is 395 g/mol. The van der Waals surface area contributed by atoms with Crippen LogP contribution in [0.15, 0.2) is 48.5 Å². The number of urea groups is 1. The van der Waals surface area contributed by atoms with Gasteiger partial charge in [0.05, 0.1) is 24.2 Å². The monoisotopic (exact) mass is 417 g/mol. The van der Waals surface area contributed by atoms with Crippen molar-refractivity contribution in [1.29, 1.82) is 5.26 Å². The van der Waals surface area contributed by atoms with E-state index in [1.54, 1.807) is 24.3 Å². The maximum Gasteiger partial charge on any atom is 0.393 e. The third-order valence-corrected chi connectivity index (χ3v) is 4.91. The van der Waals surface area contributed by atoms with Crippen LogP contribution in [0.1, 0.15) is 36.8 Å². The van der Waals surface area contributed by atoms with E-state index in [0.29, 0.717) is 11.3 Å². The molecule has 3 rings (SSSR count). The zero-order valence-corrected chi connectivity index (χ0v) is 16.2. The normalized spacial score (nSPS) is 18.9. The minimum atomic E-state index is -4.25. The van der Waals surface area contributed by atoms with Crippen molar-refractivity contribution in [2.24, 2.45) is 0 Å². The Morgan fingerprint density at radius 1 is 1.03 bits per heavy atom. The lowest BCUT2D eigenvalue weighted by Crippen LogP contribution is -2.41. The molecule has 1 aliphatic carbocycles. The first-order chi connectivity index (χ1) is 14.3. The molecule has 2 aromatic rings. The standard InChI is InChI=1S/C22H22F3N3O2/c23-22(24,25)13-15-1-5-17(6-2-15)27-21(29)28-18-7-11-20(12-8-18)30-19-9-3-16(14-26)4-10-19/h1-6,9-10,18,20H,7-8,11-13H2,(H2,27,28,29). The Morgan fingerprint density at radius 2 is 1.67 bits per heavy atom. The fourth-order valence-electron chi connectivity index (χ4n) is 3.42. The molecule has 30 heavy (non-hydrogen) atoms. The number of rotatable bonds is 5. The van der Waals surface area contributed by atoms with Gasteiger partial charge in [-0.15, -0.1) is 0 Å². The number of halogens is 3. The molecule has 0 saturated heterocycles. The van der Waals surface area contributed by atoms with Crippen LogP contribution in [0.2, 0.25) is 0 Å². The maximum absolute atomic E-state index is 12.4. The number of nitrogens with zero attached hydrogens (tertiary/aromatic N) is 1. The van der Waals surface area contributed by atoms with Crippen LogP contribution in [0, 0.1) is 11.3 Å². The number of nitriles is 1. The Kier molecular flexibility index (Phi) is 6.83. The first kappa shape index (κ1) is 21.5. The van der Waals surface area contributed by atoms with Gasteiger partial charge in [-0.2, -0.15) is 18.4 Å². The Morgan fingerprint density at radius 3 is 2.23 bits per heavy atom. The first-order valence-corrected chi connectivity index (χ1v) is 9.71. The second-order valence-electron chi connectivity index (χ2n) is 7.32. The summed E-state index contributed by atoms with van der Waals surface area (Å²) in [4.78, 5) is 12.2. The molecule has 2 amide bonds. The van der Waals surface area contributed by atoms with Crippen LogP contribution in [0.3, 0.4) is 0 Å². The molecular formula is C22H22F3N3O2. The van der Waals surface area contributed by atoms with Crippen molar-refractivity contribution in [2.45, 2.75) is 50.4 Å². The topological polar surface area (TPSA) is 74.1 Å². The van der Waals surface area contributed by atoms with Crippen molar-refractivity contribution < 1.29 is 22.7 Å². The van der Waals surface area contributed by atoms with Crippen molar-refractivity contribution in [2.75, 3.05) is 5.32 Å². The third kappa shape index (κ3) is 6.69. The van der Waals surface area contributed by atoms with Crippen molar-refractivity contribution in [3.05, 3.63) is 59.7 Å². The van der Waals surface area contributed by atoms with Gasteiger partial charge < -0.3 is 15.4 Å². The van der Waals surface area contributed by atoms with Gasteiger partial charge in [0.1, 0.15) is 5.75 Å². The minimum absolute atomic E-state index is 0.00955. The summed E-state index contributed by atoms with van der Waals surface area (Å²) in [7, 11) is 0. The summed E-state index contributed by atoms with van der Waals surface area (Å²) in [6.45, 7) is 0. The Labute approximate surface area is 172 Å². The zero-order valence-electron chi connectivity index (χ0n) is 16.2. The fraction of sp³-hybridized carbons (Fsp3) is 0.364. The molecule has 2 N–H and O–H groups in total. The van der Waals surface area contributed by atoms with E-state index in [0.717, 1.165) is 31.4 Å². The van der Waals surface area contributed by atoms with E-state index in [1.165, 1.54) is 24.3 Å². The fourth-order valence-corrected chi connectivity index (χ4v) is 3.42. The molecule has 0 heterocycles. The number of carbonyl (C=O) groups excluding carboxylic acids is 1. The average molecular weight is 417 g/mol. The van der Waals surface area contributed by atoms with E-state index in [9.17, 15) is 18.0 Å².